The molecule has 0 saturated carbocycles. The SMILES string of the molecule is CC(CNF)COP(=O)(O)OCCOP(=O)(O)OCCOP(=O)(O)OCCOP(=O)(O)OCCOP(=O)(O)OCCOP(=O)(O)OCCOP(=O)(O)OCCOP(=O)(O)OCC(CNF)COP(=O)(O)OCCOP(=O)(O)OCC(CNF)COP(=O)(O)O. The summed E-state index contributed by atoms with van der Waals surface area (Å²) < 4.78 is 263. The smallest absolute Gasteiger partial charge is 0.303 e. The molecule has 89 heavy (non-hydrogen) atoms. The van der Waals surface area contributed by atoms with Crippen molar-refractivity contribution in [2.24, 2.45) is 17.8 Å². The van der Waals surface area contributed by atoms with Crippen molar-refractivity contribution in [1.29, 1.82) is 0 Å². The molecule has 0 heterocycles. The summed E-state index contributed by atoms with van der Waals surface area (Å²) in [6.07, 6.45) is 0. The van der Waals surface area contributed by atoms with Gasteiger partial charge in [0.15, 0.2) is 0 Å². The van der Waals surface area contributed by atoms with Crippen molar-refractivity contribution in [3.05, 3.63) is 0 Å². The van der Waals surface area contributed by atoms with Crippen molar-refractivity contribution >= 4 is 86.0 Å². The lowest BCUT2D eigenvalue weighted by atomic mass is 10.2. The predicted octanol–water partition coefficient (Wildman–Crippen LogP) is 1.72. The average Bonchev–Trinajstić information content (AvgIpc) is 3.63. The van der Waals surface area contributed by atoms with Gasteiger partial charge in [-0.3, -0.25) is 95.0 Å². The van der Waals surface area contributed by atoms with E-state index in [0.717, 1.165) is 11.1 Å². The van der Waals surface area contributed by atoms with Gasteiger partial charge in [-0.25, -0.2) is 50.2 Å². The number of nitrogens with one attached hydrogen (secondary N) is 3. The maximum Gasteiger partial charge on any atom is 0.472 e. The molecule has 0 rings (SSSR count). The maximum atomic E-state index is 12.9. The third-order valence-corrected chi connectivity index (χ3v) is 18.8. The summed E-state index contributed by atoms with van der Waals surface area (Å²) in [6, 6.07) is 0. The summed E-state index contributed by atoms with van der Waals surface area (Å²) in [5.74, 6) is -3.09. The van der Waals surface area contributed by atoms with E-state index in [4.69, 9.17) is 9.79 Å². The van der Waals surface area contributed by atoms with Crippen molar-refractivity contribution in [2.75, 3.05) is 158 Å². The molecule has 0 aromatic rings. The highest BCUT2D eigenvalue weighted by molar-refractivity contribution is 7.50. The van der Waals surface area contributed by atoms with E-state index < -0.39 is 249 Å². The molecule has 0 fully saturated rings. The van der Waals surface area contributed by atoms with Crippen molar-refractivity contribution in [2.45, 2.75) is 6.92 Å². The summed E-state index contributed by atoms with van der Waals surface area (Å²) in [4.78, 5) is 115. The minimum atomic E-state index is -5.09. The van der Waals surface area contributed by atoms with E-state index in [0.29, 0.717) is 0 Å². The summed E-state index contributed by atoms with van der Waals surface area (Å²) >= 11 is 0. The highest BCUT2D eigenvalue weighted by atomic mass is 31.2. The molecule has 15 N–H and O–H groups in total. The Morgan fingerprint density at radius 1 is 0.247 bits per heavy atom. The van der Waals surface area contributed by atoms with Crippen molar-refractivity contribution in [1.82, 2.24) is 16.6 Å². The van der Waals surface area contributed by atoms with Crippen molar-refractivity contribution in [3.63, 3.8) is 0 Å². The molecule has 0 aliphatic carbocycles. The minimum Gasteiger partial charge on any atom is -0.303 e. The average molecular weight is 1550 g/mol. The zero-order valence-corrected chi connectivity index (χ0v) is 55.5. The molecular formula is C28H69F3N3O44P11. The van der Waals surface area contributed by atoms with Gasteiger partial charge < -0.3 is 58.7 Å². The van der Waals surface area contributed by atoms with Crippen LogP contribution in [0.2, 0.25) is 0 Å². The summed E-state index contributed by atoms with van der Waals surface area (Å²) in [7, 11) is -54.6. The van der Waals surface area contributed by atoms with E-state index in [-0.39, 0.29) is 13.2 Å². The second-order valence-electron chi connectivity index (χ2n) is 15.8. The van der Waals surface area contributed by atoms with Gasteiger partial charge in [0.05, 0.1) is 139 Å². The fraction of sp³-hybridized carbons (Fsp3) is 1.00. The van der Waals surface area contributed by atoms with Crippen LogP contribution < -0.4 is 16.6 Å². The molecule has 0 bridgehead atoms. The minimum absolute atomic E-state index is 0.193. The van der Waals surface area contributed by atoms with Gasteiger partial charge in [-0.1, -0.05) is 6.92 Å². The molecule has 0 spiro atoms. The Morgan fingerprint density at radius 3 is 0.551 bits per heavy atom. The van der Waals surface area contributed by atoms with E-state index >= 15 is 0 Å². The fourth-order valence-electron chi connectivity index (χ4n) is 4.58. The van der Waals surface area contributed by atoms with Crippen LogP contribution in [0.15, 0.2) is 0 Å². The Labute approximate surface area is 502 Å². The Hall–Kier alpha value is 0.880. The molecule has 0 radical (unpaired) electrons. The quantitative estimate of drug-likeness (QED) is 0.0234. The molecular weight excluding hydrogens is 1480 g/mol. The second-order valence-corrected chi connectivity index (χ2v) is 31.6. The van der Waals surface area contributed by atoms with E-state index in [1.807, 2.05) is 0 Å². The van der Waals surface area contributed by atoms with Crippen LogP contribution in [0.4, 0.5) is 13.4 Å². The lowest BCUT2D eigenvalue weighted by molar-refractivity contribution is 0.0647. The topological polar surface area (TPSA) is 660 Å². The largest absolute Gasteiger partial charge is 0.472 e. The van der Waals surface area contributed by atoms with E-state index in [2.05, 4.69) is 95.0 Å². The van der Waals surface area contributed by atoms with Crippen LogP contribution in [-0.4, -0.2) is 217 Å². The first-order valence-electron chi connectivity index (χ1n) is 23.8. The molecule has 13 unspecified atom stereocenters. The monoisotopic (exact) mass is 1550 g/mol. The van der Waals surface area contributed by atoms with Crippen LogP contribution in [-0.2, 0) is 145 Å². The van der Waals surface area contributed by atoms with E-state index in [1.54, 1.807) is 0 Å². The van der Waals surface area contributed by atoms with Crippen LogP contribution in [0.5, 0.6) is 0 Å². The fourth-order valence-corrected chi connectivity index (χ4v) is 12.3. The predicted molar refractivity (Wildman–Crippen MR) is 279 cm³/mol. The number of halogens is 3. The molecule has 61 heteroatoms. The number of phosphoric ester groups is 11. The molecule has 0 amide bonds. The van der Waals surface area contributed by atoms with Crippen LogP contribution in [0.3, 0.4) is 0 Å². The van der Waals surface area contributed by atoms with Gasteiger partial charge in [0.1, 0.15) is 0 Å². The van der Waals surface area contributed by atoms with Gasteiger partial charge in [-0.05, 0) is 5.92 Å². The Bertz CT molecular complexity index is 2550. The Balaban J connectivity index is 4.42. The zero-order chi connectivity index (χ0) is 68.2. The standard InChI is InChI=1S/C28H69F3N3O44P11/c1-26(18-32-29)21-75-86(50,51)70-14-12-68-84(46,47)66-10-8-64-82(42,43)62-6-4-60-80(38,39)58-2-3-59-81(40,41)61-5-7-63-83(44,45)65-9-11-67-85(48,49)69-13-15-71-88(54,55)77-24-28(20-34-31)25-78-89(56,57)73-17-16-72-87(52,53)76-23-27(19-33-30)22-74-79(35,36)37/h26-28,32-34H,2-25H2,1H3,(H,38,39)(H,40,41)(H,42,43)(H,44,45)(H,46,47)(H,48,49)(H,50,51)(H,52,53)(H,54,55)(H,56,57)(H2,35,36,37). The first-order chi connectivity index (χ1) is 40.9. The third kappa shape index (κ3) is 53.6. The molecule has 0 aromatic heterocycles. The molecule has 0 aliphatic rings. The van der Waals surface area contributed by atoms with E-state index in [1.165, 1.54) is 12.5 Å². The zero-order valence-electron chi connectivity index (χ0n) is 45.7. The Morgan fingerprint density at radius 2 is 0.393 bits per heavy atom. The number of phosphoric acid groups is 11. The van der Waals surface area contributed by atoms with Crippen molar-refractivity contribution < 1.29 is 217 Å². The highest BCUT2D eigenvalue weighted by Gasteiger charge is 2.33. The summed E-state index contributed by atoms with van der Waals surface area (Å²) in [5.41, 5.74) is 3.60. The van der Waals surface area contributed by atoms with Crippen LogP contribution >= 0.6 is 86.0 Å². The van der Waals surface area contributed by atoms with Gasteiger partial charge in [-0.15, -0.1) is 13.4 Å². The molecule has 47 nitrogen and oxygen atoms in total. The molecule has 0 aliphatic heterocycles. The molecule has 536 valence electrons. The maximum absolute atomic E-state index is 12.9. The summed E-state index contributed by atoms with van der Waals surface area (Å²) in [5, 5.41) is 0. The third-order valence-electron chi connectivity index (χ3n) is 8.32. The van der Waals surface area contributed by atoms with Gasteiger partial charge in [0.2, 0.25) is 0 Å². The van der Waals surface area contributed by atoms with Crippen molar-refractivity contribution in [3.8, 4) is 0 Å². The van der Waals surface area contributed by atoms with Crippen LogP contribution in [0.1, 0.15) is 6.92 Å². The molecule has 13 atom stereocenters. The van der Waals surface area contributed by atoms with E-state index in [9.17, 15) is 113 Å². The van der Waals surface area contributed by atoms with Gasteiger partial charge in [-0.2, -0.15) is 16.6 Å². The van der Waals surface area contributed by atoms with Gasteiger partial charge in [0.25, 0.3) is 0 Å². The second kappa shape index (κ2) is 44.7. The van der Waals surface area contributed by atoms with Crippen LogP contribution in [0.25, 0.3) is 0 Å². The Kier molecular flexibility index (Phi) is 45.2. The van der Waals surface area contributed by atoms with Gasteiger partial charge >= 0.3 is 86.0 Å². The van der Waals surface area contributed by atoms with Crippen LogP contribution in [0, 0.1) is 17.8 Å². The molecule has 0 aromatic carbocycles. The van der Waals surface area contributed by atoms with Gasteiger partial charge in [0, 0.05) is 31.5 Å². The first kappa shape index (κ1) is 89.9. The number of hydrogen-bond acceptors (Lipinski definition) is 35. The highest BCUT2D eigenvalue weighted by Crippen LogP contribution is 2.52. The molecule has 0 saturated heterocycles. The lowest BCUT2D eigenvalue weighted by Crippen LogP contribution is -2.25. The lowest BCUT2D eigenvalue weighted by Gasteiger charge is -2.20. The number of rotatable bonds is 61. The summed E-state index contributed by atoms with van der Waals surface area (Å²) in [6.45, 7) is -18.6. The first-order valence-corrected chi connectivity index (χ1v) is 40.3. The normalized spacial score (nSPS) is 20.4. The number of hydrogen-bond donors (Lipinski definition) is 15.